The lowest BCUT2D eigenvalue weighted by atomic mass is 9.83. The molecule has 0 heterocycles. The van der Waals surface area contributed by atoms with Gasteiger partial charge in [-0.3, -0.25) is 0 Å². The zero-order valence-electron chi connectivity index (χ0n) is 9.05. The first-order valence-corrected chi connectivity index (χ1v) is 4.71. The molecule has 0 radical (unpaired) electrons. The molecule has 0 saturated carbocycles. The van der Waals surface area contributed by atoms with Gasteiger partial charge in [0.25, 0.3) is 0 Å². The van der Waals surface area contributed by atoms with Crippen LogP contribution in [0.1, 0.15) is 40.5 Å². The summed E-state index contributed by atoms with van der Waals surface area (Å²) in [6, 6.07) is 0.167. The average molecular weight is 173 g/mol. The van der Waals surface area contributed by atoms with Crippen molar-refractivity contribution in [1.82, 2.24) is 0 Å². The van der Waals surface area contributed by atoms with Gasteiger partial charge in [0.15, 0.2) is 0 Å². The second-order valence-electron chi connectivity index (χ2n) is 4.47. The monoisotopic (exact) mass is 173 g/mol. The van der Waals surface area contributed by atoms with Crippen molar-refractivity contribution >= 4 is 0 Å². The Bertz CT molecular complexity index is 117. The molecule has 0 rings (SSSR count). The molecule has 74 valence electrons. The van der Waals surface area contributed by atoms with Gasteiger partial charge in [0.2, 0.25) is 0 Å². The molecule has 12 heavy (non-hydrogen) atoms. The normalized spacial score (nSPS) is 17.5. The first-order chi connectivity index (χ1) is 5.43. The smallest absolute Gasteiger partial charge is 0.0770 e. The number of nitrogens with two attached hydrogens (primary N) is 1. The van der Waals surface area contributed by atoms with E-state index >= 15 is 0 Å². The van der Waals surface area contributed by atoms with E-state index in [1.54, 1.807) is 7.11 Å². The van der Waals surface area contributed by atoms with Gasteiger partial charge < -0.3 is 10.5 Å². The van der Waals surface area contributed by atoms with Crippen LogP contribution in [0.3, 0.4) is 0 Å². The molecule has 0 aromatic heterocycles. The summed E-state index contributed by atoms with van der Waals surface area (Å²) in [5, 5.41) is 0. The summed E-state index contributed by atoms with van der Waals surface area (Å²) in [6.07, 6.45) is 2.32. The first kappa shape index (κ1) is 11.9. The molecular weight excluding hydrogens is 150 g/mol. The van der Waals surface area contributed by atoms with Crippen LogP contribution in [0.25, 0.3) is 0 Å². The Morgan fingerprint density at radius 3 is 2.08 bits per heavy atom. The molecule has 2 heteroatoms. The van der Waals surface area contributed by atoms with Gasteiger partial charge in [0, 0.05) is 13.2 Å². The molecule has 2 atom stereocenters. The SMILES string of the molecule is CCC[C@@H](N)C(OC)C(C)(C)C. The Morgan fingerprint density at radius 2 is 1.83 bits per heavy atom. The molecule has 0 aromatic rings. The molecule has 0 spiro atoms. The molecule has 1 unspecified atom stereocenters. The number of methoxy groups -OCH3 is 1. The minimum absolute atomic E-state index is 0.142. The van der Waals surface area contributed by atoms with E-state index in [4.69, 9.17) is 10.5 Å². The zero-order chi connectivity index (χ0) is 9.78. The van der Waals surface area contributed by atoms with Crippen molar-refractivity contribution in [2.24, 2.45) is 11.1 Å². The van der Waals surface area contributed by atoms with E-state index in [1.165, 1.54) is 0 Å². The van der Waals surface area contributed by atoms with Gasteiger partial charge in [-0.15, -0.1) is 0 Å². The van der Waals surface area contributed by atoms with Gasteiger partial charge in [-0.25, -0.2) is 0 Å². The third-order valence-corrected chi connectivity index (χ3v) is 2.12. The molecule has 0 aliphatic carbocycles. The molecule has 2 N–H and O–H groups in total. The van der Waals surface area contributed by atoms with Crippen LogP contribution in [-0.4, -0.2) is 19.3 Å². The van der Waals surface area contributed by atoms with Crippen molar-refractivity contribution in [2.75, 3.05) is 7.11 Å². The molecule has 0 fully saturated rings. The minimum Gasteiger partial charge on any atom is -0.379 e. The standard InChI is InChI=1S/C10H23NO/c1-6-7-8(11)9(12-5)10(2,3)4/h8-9H,6-7,11H2,1-5H3/t8-,9?/m1/s1. The maximum Gasteiger partial charge on any atom is 0.0770 e. The van der Waals surface area contributed by atoms with Crippen LogP contribution in [0.2, 0.25) is 0 Å². The molecule has 0 aliphatic rings. The maximum absolute atomic E-state index is 6.00. The number of hydrogen-bond donors (Lipinski definition) is 1. The van der Waals surface area contributed by atoms with Gasteiger partial charge in [0.05, 0.1) is 6.10 Å². The number of hydrogen-bond acceptors (Lipinski definition) is 2. The zero-order valence-corrected chi connectivity index (χ0v) is 9.05. The van der Waals surface area contributed by atoms with E-state index < -0.39 is 0 Å². The predicted octanol–water partition coefficient (Wildman–Crippen LogP) is 2.17. The third-order valence-electron chi connectivity index (χ3n) is 2.12. The Labute approximate surface area is 76.5 Å². The van der Waals surface area contributed by atoms with Crippen LogP contribution < -0.4 is 5.73 Å². The van der Waals surface area contributed by atoms with Gasteiger partial charge in [-0.05, 0) is 11.8 Å². The van der Waals surface area contributed by atoms with Crippen molar-refractivity contribution < 1.29 is 4.74 Å². The molecule has 0 amide bonds. The number of rotatable bonds is 4. The highest BCUT2D eigenvalue weighted by Crippen LogP contribution is 2.25. The van der Waals surface area contributed by atoms with Crippen LogP contribution >= 0.6 is 0 Å². The van der Waals surface area contributed by atoms with Crippen LogP contribution in [0.15, 0.2) is 0 Å². The van der Waals surface area contributed by atoms with E-state index in [2.05, 4.69) is 27.7 Å². The van der Waals surface area contributed by atoms with E-state index in [0.29, 0.717) is 0 Å². The summed E-state index contributed by atoms with van der Waals surface area (Å²) in [4.78, 5) is 0. The minimum atomic E-state index is 0.142. The van der Waals surface area contributed by atoms with E-state index in [9.17, 15) is 0 Å². The second-order valence-corrected chi connectivity index (χ2v) is 4.47. The molecule has 0 bridgehead atoms. The largest absolute Gasteiger partial charge is 0.379 e. The summed E-state index contributed by atoms with van der Waals surface area (Å²) >= 11 is 0. The van der Waals surface area contributed by atoms with Crippen LogP contribution in [-0.2, 0) is 4.74 Å². The van der Waals surface area contributed by atoms with Gasteiger partial charge in [-0.1, -0.05) is 34.1 Å². The fourth-order valence-electron chi connectivity index (χ4n) is 1.66. The lowest BCUT2D eigenvalue weighted by molar-refractivity contribution is -0.00369. The van der Waals surface area contributed by atoms with E-state index in [0.717, 1.165) is 12.8 Å². The molecule has 2 nitrogen and oxygen atoms in total. The summed E-state index contributed by atoms with van der Waals surface area (Å²) < 4.78 is 5.40. The fourth-order valence-corrected chi connectivity index (χ4v) is 1.66. The summed E-state index contributed by atoms with van der Waals surface area (Å²) in [6.45, 7) is 8.64. The molecule has 0 aromatic carbocycles. The molecule has 0 saturated heterocycles. The highest BCUT2D eigenvalue weighted by atomic mass is 16.5. The maximum atomic E-state index is 6.00. The fraction of sp³-hybridized carbons (Fsp3) is 1.00. The highest BCUT2D eigenvalue weighted by Gasteiger charge is 2.29. The first-order valence-electron chi connectivity index (χ1n) is 4.71. The summed E-state index contributed by atoms with van der Waals surface area (Å²) in [5.74, 6) is 0. The van der Waals surface area contributed by atoms with E-state index in [-0.39, 0.29) is 17.6 Å². The lowest BCUT2D eigenvalue weighted by Crippen LogP contribution is -2.44. The van der Waals surface area contributed by atoms with Gasteiger partial charge >= 0.3 is 0 Å². The van der Waals surface area contributed by atoms with Crippen molar-refractivity contribution in [2.45, 2.75) is 52.7 Å². The molecular formula is C10H23NO. The van der Waals surface area contributed by atoms with Crippen LogP contribution in [0, 0.1) is 5.41 Å². The lowest BCUT2D eigenvalue weighted by Gasteiger charge is -2.33. The highest BCUT2D eigenvalue weighted by molar-refractivity contribution is 4.83. The van der Waals surface area contributed by atoms with E-state index in [1.807, 2.05) is 0 Å². The van der Waals surface area contributed by atoms with Crippen molar-refractivity contribution in [1.29, 1.82) is 0 Å². The van der Waals surface area contributed by atoms with Crippen molar-refractivity contribution in [3.8, 4) is 0 Å². The number of ether oxygens (including phenoxy) is 1. The Kier molecular flexibility index (Phi) is 4.80. The molecule has 0 aliphatic heterocycles. The van der Waals surface area contributed by atoms with Gasteiger partial charge in [-0.2, -0.15) is 0 Å². The Morgan fingerprint density at radius 1 is 1.33 bits per heavy atom. The second kappa shape index (κ2) is 4.83. The average Bonchev–Trinajstić information content (AvgIpc) is 1.85. The predicted molar refractivity (Wildman–Crippen MR) is 53.1 cm³/mol. The Balaban J connectivity index is 4.14. The van der Waals surface area contributed by atoms with Crippen LogP contribution in [0.4, 0.5) is 0 Å². The van der Waals surface area contributed by atoms with Crippen molar-refractivity contribution in [3.05, 3.63) is 0 Å². The van der Waals surface area contributed by atoms with Gasteiger partial charge in [0.1, 0.15) is 0 Å². The Hall–Kier alpha value is -0.0800. The summed E-state index contributed by atoms with van der Waals surface area (Å²) in [7, 11) is 1.74. The van der Waals surface area contributed by atoms with Crippen LogP contribution in [0.5, 0.6) is 0 Å². The topological polar surface area (TPSA) is 35.2 Å². The quantitative estimate of drug-likeness (QED) is 0.707. The third kappa shape index (κ3) is 3.55. The summed E-state index contributed by atoms with van der Waals surface area (Å²) in [5.41, 5.74) is 6.14. The van der Waals surface area contributed by atoms with Crippen molar-refractivity contribution in [3.63, 3.8) is 0 Å².